The van der Waals surface area contributed by atoms with Gasteiger partial charge in [0.15, 0.2) is 0 Å². The molecule has 0 aliphatic carbocycles. The Morgan fingerprint density at radius 1 is 1.32 bits per heavy atom. The fourth-order valence-electron chi connectivity index (χ4n) is 3.87. The van der Waals surface area contributed by atoms with Crippen LogP contribution in [-0.4, -0.2) is 53.2 Å². The molecule has 1 aromatic rings. The Balaban J connectivity index is 1.57. The van der Waals surface area contributed by atoms with E-state index in [1.807, 2.05) is 4.90 Å². The van der Waals surface area contributed by atoms with E-state index in [9.17, 15) is 23.9 Å². The third kappa shape index (κ3) is 6.16. The molecule has 2 heterocycles. The van der Waals surface area contributed by atoms with E-state index in [-0.39, 0.29) is 18.7 Å². The van der Waals surface area contributed by atoms with Crippen molar-refractivity contribution >= 4 is 29.2 Å². The third-order valence-corrected chi connectivity index (χ3v) is 5.46. The number of anilines is 2. The van der Waals surface area contributed by atoms with Gasteiger partial charge >= 0.3 is 5.97 Å². The first-order valence-electron chi connectivity index (χ1n) is 10.5. The van der Waals surface area contributed by atoms with Gasteiger partial charge < -0.3 is 20.1 Å². The number of benzene rings is 1. The molecule has 3 rings (SSSR count). The number of esters is 1. The first-order chi connectivity index (χ1) is 14.4. The second-order valence-corrected chi connectivity index (χ2v) is 9.29. The lowest BCUT2D eigenvalue weighted by molar-refractivity contribution is -0.161. The molecule has 170 valence electrons. The summed E-state index contributed by atoms with van der Waals surface area (Å²) in [6.07, 6.45) is 1.15. The first-order valence-corrected chi connectivity index (χ1v) is 10.5. The number of carbonyl (C=O) groups excluding carboxylic acids is 3. The number of nitrogens with one attached hydrogen (secondary N) is 2. The van der Waals surface area contributed by atoms with Gasteiger partial charge in [-0.05, 0) is 58.2 Å². The summed E-state index contributed by atoms with van der Waals surface area (Å²) in [6, 6.07) is 4.05. The van der Waals surface area contributed by atoms with E-state index >= 15 is 0 Å². The Labute approximate surface area is 181 Å². The summed E-state index contributed by atoms with van der Waals surface area (Å²) in [7, 11) is 0. The molecule has 31 heavy (non-hydrogen) atoms. The molecule has 3 N–H and O–H groups in total. The molecule has 9 heteroatoms. The van der Waals surface area contributed by atoms with Crippen LogP contribution in [0.5, 0.6) is 0 Å². The maximum absolute atomic E-state index is 14.8. The molecule has 2 amide bonds. The molecule has 0 bridgehead atoms. The van der Waals surface area contributed by atoms with Gasteiger partial charge in [-0.1, -0.05) is 0 Å². The van der Waals surface area contributed by atoms with E-state index in [2.05, 4.69) is 10.6 Å². The van der Waals surface area contributed by atoms with E-state index in [1.54, 1.807) is 32.9 Å². The molecule has 1 aromatic carbocycles. The van der Waals surface area contributed by atoms with E-state index in [4.69, 9.17) is 4.74 Å². The van der Waals surface area contributed by atoms with Crippen LogP contribution in [0.1, 0.15) is 52.9 Å². The number of carbonyl (C=O) groups is 3. The lowest BCUT2D eigenvalue weighted by atomic mass is 9.88. The fraction of sp³-hybridized carbons (Fsp3) is 0.591. The summed E-state index contributed by atoms with van der Waals surface area (Å²) in [4.78, 5) is 37.0. The highest BCUT2D eigenvalue weighted by molar-refractivity contribution is 6.01. The number of piperidine rings is 2. The summed E-state index contributed by atoms with van der Waals surface area (Å²) in [6.45, 7) is 6.13. The van der Waals surface area contributed by atoms with Crippen LogP contribution in [-0.2, 0) is 19.1 Å². The van der Waals surface area contributed by atoms with Crippen LogP contribution in [0.4, 0.5) is 15.8 Å². The second-order valence-electron chi connectivity index (χ2n) is 9.29. The Morgan fingerprint density at radius 3 is 2.58 bits per heavy atom. The molecule has 2 fully saturated rings. The zero-order valence-electron chi connectivity index (χ0n) is 18.2. The molecular weight excluding hydrogens is 405 g/mol. The van der Waals surface area contributed by atoms with Crippen molar-refractivity contribution in [3.8, 4) is 0 Å². The number of rotatable bonds is 5. The van der Waals surface area contributed by atoms with Gasteiger partial charge in [0.25, 0.3) is 0 Å². The van der Waals surface area contributed by atoms with Crippen LogP contribution < -0.4 is 15.5 Å². The number of nitrogens with zero attached hydrogens (tertiary/aromatic N) is 1. The van der Waals surface area contributed by atoms with Crippen LogP contribution >= 0.6 is 0 Å². The molecule has 0 spiro atoms. The topological polar surface area (TPSA) is 108 Å². The summed E-state index contributed by atoms with van der Waals surface area (Å²) < 4.78 is 20.1. The van der Waals surface area contributed by atoms with E-state index < -0.39 is 34.9 Å². The average Bonchev–Trinajstić information content (AvgIpc) is 2.63. The number of hydrogen-bond donors (Lipinski definition) is 3. The molecule has 2 aliphatic rings. The highest BCUT2D eigenvalue weighted by atomic mass is 19.1. The van der Waals surface area contributed by atoms with Crippen LogP contribution in [0.15, 0.2) is 18.2 Å². The van der Waals surface area contributed by atoms with Crippen molar-refractivity contribution in [2.45, 2.75) is 70.1 Å². The Bertz CT molecular complexity index is 859. The smallest absolute Gasteiger partial charge is 0.309 e. The number of hydrogen-bond acceptors (Lipinski definition) is 7. The third-order valence-electron chi connectivity index (χ3n) is 5.46. The minimum absolute atomic E-state index is 0.0879. The van der Waals surface area contributed by atoms with E-state index in [1.165, 1.54) is 6.07 Å². The van der Waals surface area contributed by atoms with Crippen molar-refractivity contribution in [2.75, 3.05) is 23.3 Å². The maximum Gasteiger partial charge on any atom is 0.309 e. The minimum atomic E-state index is -1.16. The molecule has 0 saturated carbocycles. The molecule has 0 radical (unpaired) electrons. The molecular formula is C22H30FN3O5. The highest BCUT2D eigenvalue weighted by Gasteiger charge is 2.36. The van der Waals surface area contributed by atoms with Crippen LogP contribution in [0.25, 0.3) is 0 Å². The predicted molar refractivity (Wildman–Crippen MR) is 113 cm³/mol. The lowest BCUT2D eigenvalue weighted by Crippen LogP contribution is -2.47. The number of amides is 2. The van der Waals surface area contributed by atoms with Crippen LogP contribution in [0, 0.1) is 5.82 Å². The van der Waals surface area contributed by atoms with Gasteiger partial charge in [0.1, 0.15) is 17.5 Å². The Hall–Kier alpha value is -2.68. The summed E-state index contributed by atoms with van der Waals surface area (Å²) in [5, 5.41) is 16.0. The average molecular weight is 435 g/mol. The minimum Gasteiger partial charge on any atom is -0.460 e. The molecule has 0 unspecified atom stereocenters. The number of halogens is 1. The molecule has 1 atom stereocenters. The fourth-order valence-corrected chi connectivity index (χ4v) is 3.87. The largest absolute Gasteiger partial charge is 0.460 e. The Morgan fingerprint density at radius 2 is 2.00 bits per heavy atom. The van der Waals surface area contributed by atoms with Gasteiger partial charge in [-0.2, -0.15) is 0 Å². The lowest BCUT2D eigenvalue weighted by Gasteiger charge is -2.39. The van der Waals surface area contributed by atoms with Crippen molar-refractivity contribution in [1.82, 2.24) is 5.32 Å². The summed E-state index contributed by atoms with van der Waals surface area (Å²) in [5.41, 5.74) is -0.925. The number of aliphatic hydroxyl groups is 1. The van der Waals surface area contributed by atoms with Crippen LogP contribution in [0.3, 0.4) is 0 Å². The summed E-state index contributed by atoms with van der Waals surface area (Å²) >= 11 is 0. The molecule has 2 aliphatic heterocycles. The van der Waals surface area contributed by atoms with Gasteiger partial charge in [-0.25, -0.2) is 4.39 Å². The maximum atomic E-state index is 14.8. The molecule has 0 aromatic heterocycles. The van der Waals surface area contributed by atoms with Crippen molar-refractivity contribution in [2.24, 2.45) is 0 Å². The predicted octanol–water partition coefficient (Wildman–Crippen LogP) is 2.11. The summed E-state index contributed by atoms with van der Waals surface area (Å²) in [5.74, 6) is -1.62. The standard InChI is InChI=1S/C22H30FN3O5/c1-21(2,3)31-19(28)13-22(30)8-10-26(11-9-22)17-6-4-14(12-15(17)23)24-16-5-7-18(27)25-20(16)29/h4,6,12,16,24,30H,5,7-11,13H2,1-3H3,(H,25,27,29)/t16-/m1/s1. The van der Waals surface area contributed by atoms with E-state index in [0.29, 0.717) is 43.7 Å². The van der Waals surface area contributed by atoms with Gasteiger partial charge in [0.2, 0.25) is 11.8 Å². The molecule has 2 saturated heterocycles. The van der Waals surface area contributed by atoms with Crippen molar-refractivity contribution < 1.29 is 28.6 Å². The van der Waals surface area contributed by atoms with Gasteiger partial charge in [0, 0.05) is 25.2 Å². The quantitative estimate of drug-likeness (QED) is 0.480. The number of ether oxygens (including phenoxy) is 1. The van der Waals surface area contributed by atoms with Crippen molar-refractivity contribution in [1.29, 1.82) is 0 Å². The number of imide groups is 1. The first kappa shape index (κ1) is 23.0. The Kier molecular flexibility index (Phi) is 6.54. The van der Waals surface area contributed by atoms with Crippen molar-refractivity contribution in [3.63, 3.8) is 0 Å². The zero-order chi connectivity index (χ0) is 22.8. The zero-order valence-corrected chi connectivity index (χ0v) is 18.2. The van der Waals surface area contributed by atoms with Gasteiger partial charge in [0.05, 0.1) is 17.7 Å². The van der Waals surface area contributed by atoms with Gasteiger partial charge in [-0.15, -0.1) is 0 Å². The van der Waals surface area contributed by atoms with Gasteiger partial charge in [-0.3, -0.25) is 19.7 Å². The monoisotopic (exact) mass is 435 g/mol. The van der Waals surface area contributed by atoms with E-state index in [0.717, 1.165) is 0 Å². The second kappa shape index (κ2) is 8.82. The highest BCUT2D eigenvalue weighted by Crippen LogP contribution is 2.32. The SMILES string of the molecule is CC(C)(C)OC(=O)CC1(O)CCN(c2ccc(N[C@@H]3CCC(=O)NC3=O)cc2F)CC1. The van der Waals surface area contributed by atoms with Crippen molar-refractivity contribution in [3.05, 3.63) is 24.0 Å². The molecule has 8 nitrogen and oxygen atoms in total. The normalized spacial score (nSPS) is 21.5. The van der Waals surface area contributed by atoms with Crippen LogP contribution in [0.2, 0.25) is 0 Å².